The van der Waals surface area contributed by atoms with E-state index in [0.29, 0.717) is 11.6 Å². The third-order valence-electron chi connectivity index (χ3n) is 2.40. The number of halogens is 1. The Morgan fingerprint density at radius 3 is 3.12 bits per heavy atom. The molecule has 2 rings (SSSR count). The molecule has 1 aliphatic heterocycles. The zero-order valence-corrected chi connectivity index (χ0v) is 9.84. The maximum Gasteiger partial charge on any atom is 0.191 e. The number of guanidine groups is 1. The summed E-state index contributed by atoms with van der Waals surface area (Å²) in [5.74, 6) is 1.61. The lowest BCUT2D eigenvalue weighted by molar-refractivity contribution is 0.409. The standard InChI is InChI=1S/C11H14ClN3O/c1-16-10-4-2-3-9(12)8(10)7-15-11-13-5-6-14-11/h2-4H,5-7H2,1H3,(H2,13,14,15). The average molecular weight is 240 g/mol. The van der Waals surface area contributed by atoms with Crippen LogP contribution in [0.5, 0.6) is 5.75 Å². The summed E-state index contributed by atoms with van der Waals surface area (Å²) >= 11 is 6.11. The molecule has 86 valence electrons. The van der Waals surface area contributed by atoms with Crippen LogP contribution in [0, 0.1) is 0 Å². The lowest BCUT2D eigenvalue weighted by atomic mass is 10.2. The van der Waals surface area contributed by atoms with Gasteiger partial charge in [-0.05, 0) is 12.1 Å². The van der Waals surface area contributed by atoms with E-state index < -0.39 is 0 Å². The summed E-state index contributed by atoms with van der Waals surface area (Å²) < 4.78 is 5.26. The highest BCUT2D eigenvalue weighted by molar-refractivity contribution is 6.31. The van der Waals surface area contributed by atoms with Gasteiger partial charge in [-0.25, -0.2) is 0 Å². The number of hydrogen-bond acceptors (Lipinski definition) is 4. The summed E-state index contributed by atoms with van der Waals surface area (Å²) in [6.07, 6.45) is 0. The molecule has 0 radical (unpaired) electrons. The summed E-state index contributed by atoms with van der Waals surface area (Å²) in [6.45, 7) is 2.32. The van der Waals surface area contributed by atoms with Gasteiger partial charge in [-0.3, -0.25) is 4.99 Å². The Bertz CT molecular complexity index is 406. The Morgan fingerprint density at radius 1 is 1.56 bits per heavy atom. The third-order valence-corrected chi connectivity index (χ3v) is 2.76. The maximum absolute atomic E-state index is 6.11. The first-order valence-electron chi connectivity index (χ1n) is 5.15. The molecule has 16 heavy (non-hydrogen) atoms. The number of hydrogen-bond donors (Lipinski definition) is 2. The minimum atomic E-state index is 0.606. The highest BCUT2D eigenvalue weighted by Crippen LogP contribution is 2.25. The molecule has 0 atom stereocenters. The van der Waals surface area contributed by atoms with Gasteiger partial charge in [-0.2, -0.15) is 0 Å². The molecule has 2 N–H and O–H groups in total. The molecule has 0 unspecified atom stereocenters. The van der Waals surface area contributed by atoms with E-state index in [4.69, 9.17) is 16.3 Å². The predicted octanol–water partition coefficient (Wildman–Crippen LogP) is 1.40. The summed E-state index contributed by atoms with van der Waals surface area (Å²) in [5, 5.41) is 7.03. The molecule has 1 aromatic carbocycles. The minimum absolute atomic E-state index is 0.606. The second-order valence-corrected chi connectivity index (χ2v) is 3.84. The van der Waals surface area contributed by atoms with E-state index in [2.05, 4.69) is 15.6 Å². The van der Waals surface area contributed by atoms with E-state index in [9.17, 15) is 0 Å². The fourth-order valence-corrected chi connectivity index (χ4v) is 1.82. The molecular formula is C11H14ClN3O. The largest absolute Gasteiger partial charge is 0.496 e. The number of rotatable bonds is 3. The van der Waals surface area contributed by atoms with Crippen LogP contribution < -0.4 is 15.4 Å². The van der Waals surface area contributed by atoms with Crippen LogP contribution in [0.4, 0.5) is 0 Å². The lowest BCUT2D eigenvalue weighted by Gasteiger charge is -2.12. The fourth-order valence-electron chi connectivity index (χ4n) is 1.59. The fraction of sp³-hybridized carbons (Fsp3) is 0.364. The second kappa shape index (κ2) is 5.07. The van der Waals surface area contributed by atoms with Crippen LogP contribution in [0.2, 0.25) is 5.02 Å². The van der Waals surface area contributed by atoms with Crippen molar-refractivity contribution >= 4 is 17.6 Å². The van der Waals surface area contributed by atoms with Crippen LogP contribution in [-0.2, 0) is 6.54 Å². The van der Waals surface area contributed by atoms with Crippen molar-refractivity contribution in [2.45, 2.75) is 6.54 Å². The molecule has 0 saturated carbocycles. The van der Waals surface area contributed by atoms with Crippen LogP contribution in [0.3, 0.4) is 0 Å². The van der Waals surface area contributed by atoms with Crippen molar-refractivity contribution in [3.63, 3.8) is 0 Å². The number of ether oxygens (including phenoxy) is 1. The van der Waals surface area contributed by atoms with E-state index in [1.54, 1.807) is 7.11 Å². The molecule has 0 spiro atoms. The van der Waals surface area contributed by atoms with E-state index >= 15 is 0 Å². The maximum atomic E-state index is 6.11. The molecule has 4 nitrogen and oxygen atoms in total. The van der Waals surface area contributed by atoms with Gasteiger partial charge in [0.1, 0.15) is 5.75 Å². The van der Waals surface area contributed by atoms with E-state index in [1.807, 2.05) is 18.2 Å². The van der Waals surface area contributed by atoms with Crippen molar-refractivity contribution in [1.29, 1.82) is 0 Å². The zero-order valence-electron chi connectivity index (χ0n) is 9.09. The minimum Gasteiger partial charge on any atom is -0.496 e. The van der Waals surface area contributed by atoms with Gasteiger partial charge in [-0.1, -0.05) is 17.7 Å². The third kappa shape index (κ3) is 2.39. The molecule has 0 aliphatic carbocycles. The predicted molar refractivity (Wildman–Crippen MR) is 65.1 cm³/mol. The quantitative estimate of drug-likeness (QED) is 0.838. The molecular weight excluding hydrogens is 226 g/mol. The Hall–Kier alpha value is -1.42. The molecule has 0 saturated heterocycles. The first-order chi connectivity index (χ1) is 7.81. The van der Waals surface area contributed by atoms with Crippen molar-refractivity contribution in [3.05, 3.63) is 28.8 Å². The van der Waals surface area contributed by atoms with Gasteiger partial charge in [0.2, 0.25) is 0 Å². The van der Waals surface area contributed by atoms with E-state index in [-0.39, 0.29) is 0 Å². The van der Waals surface area contributed by atoms with Gasteiger partial charge in [0.05, 0.1) is 13.7 Å². The SMILES string of the molecule is COc1cccc(Cl)c1CNC1=NCCN1. The molecule has 1 heterocycles. The number of methoxy groups -OCH3 is 1. The Kier molecular flexibility index (Phi) is 3.51. The van der Waals surface area contributed by atoms with Gasteiger partial charge in [0.25, 0.3) is 0 Å². The highest BCUT2D eigenvalue weighted by Gasteiger charge is 2.09. The molecule has 0 amide bonds. The average Bonchev–Trinajstić information content (AvgIpc) is 2.80. The van der Waals surface area contributed by atoms with Crippen molar-refractivity contribution in [3.8, 4) is 5.75 Å². The Morgan fingerprint density at radius 2 is 2.44 bits per heavy atom. The number of nitrogens with one attached hydrogen (secondary N) is 2. The summed E-state index contributed by atoms with van der Waals surface area (Å²) in [6, 6.07) is 5.62. The normalized spacial score (nSPS) is 14.2. The van der Waals surface area contributed by atoms with E-state index in [1.165, 1.54) is 0 Å². The van der Waals surface area contributed by atoms with Crippen molar-refractivity contribution in [2.75, 3.05) is 20.2 Å². The van der Waals surface area contributed by atoms with Crippen molar-refractivity contribution < 1.29 is 4.74 Å². The van der Waals surface area contributed by atoms with Crippen LogP contribution >= 0.6 is 11.6 Å². The zero-order chi connectivity index (χ0) is 11.4. The Labute approximate surface area is 99.7 Å². The van der Waals surface area contributed by atoms with Crippen molar-refractivity contribution in [2.24, 2.45) is 4.99 Å². The molecule has 0 bridgehead atoms. The lowest BCUT2D eigenvalue weighted by Crippen LogP contribution is -2.33. The number of aliphatic imine (C=N–C) groups is 1. The summed E-state index contributed by atoms with van der Waals surface area (Å²) in [4.78, 5) is 4.25. The number of benzene rings is 1. The van der Waals surface area contributed by atoms with Crippen molar-refractivity contribution in [1.82, 2.24) is 10.6 Å². The first-order valence-corrected chi connectivity index (χ1v) is 5.52. The van der Waals surface area contributed by atoms with Gasteiger partial charge in [0.15, 0.2) is 5.96 Å². The summed E-state index contributed by atoms with van der Waals surface area (Å²) in [7, 11) is 1.64. The van der Waals surface area contributed by atoms with Gasteiger partial charge < -0.3 is 15.4 Å². The van der Waals surface area contributed by atoms with Crippen LogP contribution in [0.25, 0.3) is 0 Å². The second-order valence-electron chi connectivity index (χ2n) is 3.43. The van der Waals surface area contributed by atoms with Crippen LogP contribution in [-0.4, -0.2) is 26.2 Å². The van der Waals surface area contributed by atoms with Crippen LogP contribution in [0.1, 0.15) is 5.56 Å². The van der Waals surface area contributed by atoms with Gasteiger partial charge in [0, 0.05) is 23.7 Å². The molecule has 1 aromatic rings. The van der Waals surface area contributed by atoms with Crippen LogP contribution in [0.15, 0.2) is 23.2 Å². The van der Waals surface area contributed by atoms with Gasteiger partial charge >= 0.3 is 0 Å². The first kappa shape index (κ1) is 11.1. The Balaban J connectivity index is 2.07. The van der Waals surface area contributed by atoms with E-state index in [0.717, 1.165) is 30.4 Å². The van der Waals surface area contributed by atoms with Gasteiger partial charge in [-0.15, -0.1) is 0 Å². The smallest absolute Gasteiger partial charge is 0.191 e. The molecule has 5 heteroatoms. The monoisotopic (exact) mass is 239 g/mol. The molecule has 0 fully saturated rings. The topological polar surface area (TPSA) is 45.6 Å². The molecule has 0 aromatic heterocycles. The summed E-state index contributed by atoms with van der Waals surface area (Å²) in [5.41, 5.74) is 0.947. The highest BCUT2D eigenvalue weighted by atomic mass is 35.5. The molecule has 1 aliphatic rings. The number of nitrogens with zero attached hydrogens (tertiary/aromatic N) is 1.